The minimum Gasteiger partial charge on any atom is -0.495 e. The zero-order valence-corrected chi connectivity index (χ0v) is 17.7. The van der Waals surface area contributed by atoms with E-state index in [0.717, 1.165) is 28.4 Å². The lowest BCUT2D eigenvalue weighted by atomic mass is 10.1. The predicted octanol–water partition coefficient (Wildman–Crippen LogP) is 4.63. The summed E-state index contributed by atoms with van der Waals surface area (Å²) in [7, 11) is -2.25. The maximum Gasteiger partial charge on any atom is 0.261 e. The fourth-order valence-corrected chi connectivity index (χ4v) is 4.63. The van der Waals surface area contributed by atoms with Crippen LogP contribution in [0.4, 0.5) is 11.4 Å². The largest absolute Gasteiger partial charge is 0.495 e. The van der Waals surface area contributed by atoms with Gasteiger partial charge >= 0.3 is 0 Å². The van der Waals surface area contributed by atoms with Gasteiger partial charge in [-0.05, 0) is 49.4 Å². The number of aryl methyl sites for hydroxylation is 1. The normalized spacial score (nSPS) is 11.4. The first-order valence-corrected chi connectivity index (χ1v) is 10.4. The third-order valence-corrected chi connectivity index (χ3v) is 6.23. The van der Waals surface area contributed by atoms with Crippen LogP contribution >= 0.6 is 12.4 Å². The molecule has 0 fully saturated rings. The lowest BCUT2D eigenvalue weighted by molar-refractivity contribution is 0.417. The van der Waals surface area contributed by atoms with Crippen molar-refractivity contribution in [3.8, 4) is 5.75 Å². The summed E-state index contributed by atoms with van der Waals surface area (Å²) in [6, 6.07) is 18.0. The second-order valence-electron chi connectivity index (χ2n) is 6.50. The molecule has 0 saturated heterocycles. The van der Waals surface area contributed by atoms with Gasteiger partial charge in [0.1, 0.15) is 5.75 Å². The smallest absolute Gasteiger partial charge is 0.261 e. The molecule has 152 valence electrons. The Morgan fingerprint density at radius 1 is 1.00 bits per heavy atom. The summed E-state index contributed by atoms with van der Waals surface area (Å²) in [6.07, 6.45) is 0. The Bertz CT molecular complexity index is 1300. The summed E-state index contributed by atoms with van der Waals surface area (Å²) in [5, 5.41) is 1.94. The van der Waals surface area contributed by atoms with Gasteiger partial charge in [0.05, 0.1) is 23.4 Å². The monoisotopic (exact) mass is 431 g/mol. The molecule has 0 atom stereocenters. The molecular weight excluding hydrogens is 410 g/mol. The number of aromatic nitrogens is 1. The van der Waals surface area contributed by atoms with E-state index in [-0.39, 0.29) is 17.3 Å². The zero-order valence-electron chi connectivity index (χ0n) is 16.0. The van der Waals surface area contributed by atoms with Crippen molar-refractivity contribution in [2.24, 2.45) is 0 Å². The van der Waals surface area contributed by atoms with Crippen molar-refractivity contribution in [1.82, 2.24) is 4.57 Å². The topological polar surface area (TPSA) is 86.3 Å². The summed E-state index contributed by atoms with van der Waals surface area (Å²) in [6.45, 7) is 2.88. The highest BCUT2D eigenvalue weighted by Crippen LogP contribution is 2.32. The number of nitrogens with zero attached hydrogens (tertiary/aromatic N) is 1. The van der Waals surface area contributed by atoms with Crippen molar-refractivity contribution >= 4 is 55.6 Å². The molecule has 1 heterocycles. The van der Waals surface area contributed by atoms with E-state index in [0.29, 0.717) is 17.1 Å². The second kappa shape index (κ2) is 7.85. The van der Waals surface area contributed by atoms with Gasteiger partial charge in [-0.25, -0.2) is 8.42 Å². The van der Waals surface area contributed by atoms with E-state index in [4.69, 9.17) is 10.5 Å². The summed E-state index contributed by atoms with van der Waals surface area (Å²) in [5.74, 6) is 0.497. The number of methoxy groups -OCH3 is 1. The number of nitrogens with two attached hydrogens (primary N) is 1. The lowest BCUT2D eigenvalue weighted by Gasteiger charge is -2.11. The van der Waals surface area contributed by atoms with Crippen molar-refractivity contribution < 1.29 is 13.2 Å². The van der Waals surface area contributed by atoms with Crippen LogP contribution in [0.5, 0.6) is 5.75 Å². The second-order valence-corrected chi connectivity index (χ2v) is 8.18. The Morgan fingerprint density at radius 3 is 2.41 bits per heavy atom. The number of nitrogen functional groups attached to an aromatic ring is 1. The van der Waals surface area contributed by atoms with Crippen LogP contribution in [0.15, 0.2) is 65.6 Å². The summed E-state index contributed by atoms with van der Waals surface area (Å²) < 4.78 is 35.7. The van der Waals surface area contributed by atoms with Gasteiger partial charge < -0.3 is 15.0 Å². The molecule has 0 unspecified atom stereocenters. The Labute approximate surface area is 175 Å². The quantitative estimate of drug-likeness (QED) is 0.451. The highest BCUT2D eigenvalue weighted by atomic mass is 35.5. The van der Waals surface area contributed by atoms with Crippen LogP contribution in [0, 0.1) is 0 Å². The first-order valence-electron chi connectivity index (χ1n) is 8.92. The van der Waals surface area contributed by atoms with E-state index in [9.17, 15) is 8.42 Å². The molecule has 4 aromatic rings. The molecule has 0 amide bonds. The number of rotatable bonds is 5. The van der Waals surface area contributed by atoms with Gasteiger partial charge in [0, 0.05) is 28.4 Å². The highest BCUT2D eigenvalue weighted by molar-refractivity contribution is 7.92. The van der Waals surface area contributed by atoms with Gasteiger partial charge in [-0.2, -0.15) is 0 Å². The van der Waals surface area contributed by atoms with Crippen molar-refractivity contribution in [3.05, 3.63) is 60.7 Å². The number of halogens is 1. The molecule has 4 rings (SSSR count). The molecule has 0 aliphatic heterocycles. The van der Waals surface area contributed by atoms with E-state index in [1.165, 1.54) is 13.2 Å². The van der Waals surface area contributed by atoms with Crippen molar-refractivity contribution in [2.75, 3.05) is 17.6 Å². The number of nitrogens with one attached hydrogen (secondary N) is 1. The van der Waals surface area contributed by atoms with Crippen molar-refractivity contribution in [1.29, 1.82) is 0 Å². The average Bonchev–Trinajstić information content (AvgIpc) is 3.01. The third kappa shape index (κ3) is 3.59. The van der Waals surface area contributed by atoms with Gasteiger partial charge in [-0.1, -0.05) is 18.2 Å². The molecule has 0 radical (unpaired) electrons. The van der Waals surface area contributed by atoms with Gasteiger partial charge in [-0.3, -0.25) is 4.72 Å². The Morgan fingerprint density at radius 2 is 1.72 bits per heavy atom. The fraction of sp³-hybridized carbons (Fsp3) is 0.143. The fourth-order valence-electron chi connectivity index (χ4n) is 3.55. The van der Waals surface area contributed by atoms with Crippen LogP contribution in [-0.2, 0) is 16.6 Å². The number of sulfonamides is 1. The van der Waals surface area contributed by atoms with Crippen LogP contribution in [0.25, 0.3) is 21.8 Å². The maximum atomic E-state index is 12.9. The van der Waals surface area contributed by atoms with E-state index in [2.05, 4.69) is 16.2 Å². The molecule has 0 bridgehead atoms. The average molecular weight is 432 g/mol. The zero-order chi connectivity index (χ0) is 19.9. The summed E-state index contributed by atoms with van der Waals surface area (Å²) >= 11 is 0. The Hall–Kier alpha value is -2.90. The first kappa shape index (κ1) is 20.8. The number of fused-ring (bicyclic) bond motifs is 3. The van der Waals surface area contributed by atoms with Crippen LogP contribution in [-0.4, -0.2) is 20.1 Å². The van der Waals surface area contributed by atoms with Gasteiger partial charge in [0.25, 0.3) is 10.0 Å². The Kier molecular flexibility index (Phi) is 5.64. The molecule has 0 spiro atoms. The Balaban J connectivity index is 0.00000240. The van der Waals surface area contributed by atoms with Crippen LogP contribution in [0.3, 0.4) is 0 Å². The molecular formula is C21H22ClN3O3S. The van der Waals surface area contributed by atoms with E-state index < -0.39 is 10.0 Å². The van der Waals surface area contributed by atoms with Gasteiger partial charge in [0.2, 0.25) is 0 Å². The number of hydrogen-bond acceptors (Lipinski definition) is 4. The molecule has 0 aliphatic rings. The number of para-hydroxylation sites is 1. The molecule has 29 heavy (non-hydrogen) atoms. The number of ether oxygens (including phenoxy) is 1. The minimum absolute atomic E-state index is 0. The predicted molar refractivity (Wildman–Crippen MR) is 121 cm³/mol. The number of benzene rings is 3. The third-order valence-electron chi connectivity index (χ3n) is 4.85. The molecule has 3 aromatic carbocycles. The van der Waals surface area contributed by atoms with Crippen LogP contribution in [0.1, 0.15) is 6.92 Å². The maximum absolute atomic E-state index is 12.9. The van der Waals surface area contributed by atoms with Gasteiger partial charge in [0.15, 0.2) is 0 Å². The van der Waals surface area contributed by atoms with E-state index in [1.54, 1.807) is 24.3 Å². The summed E-state index contributed by atoms with van der Waals surface area (Å²) in [5.41, 5.74) is 8.73. The molecule has 8 heteroatoms. The van der Waals surface area contributed by atoms with Crippen molar-refractivity contribution in [2.45, 2.75) is 18.4 Å². The molecule has 0 saturated carbocycles. The van der Waals surface area contributed by atoms with E-state index >= 15 is 0 Å². The van der Waals surface area contributed by atoms with E-state index in [1.807, 2.05) is 30.3 Å². The number of hydrogen-bond donors (Lipinski definition) is 2. The molecule has 3 N–H and O–H groups in total. The van der Waals surface area contributed by atoms with Crippen LogP contribution in [0.2, 0.25) is 0 Å². The molecule has 1 aromatic heterocycles. The molecule has 6 nitrogen and oxygen atoms in total. The molecule has 0 aliphatic carbocycles. The standard InChI is InChI=1S/C21H21N3O3S.ClH/c1-3-24-19-7-5-4-6-16(19)17-13-15(9-10-20(17)24)28(25,26)23-14-8-11-21(27-2)18(22)12-14;/h4-13,23H,3,22H2,1-2H3;1H. The SMILES string of the molecule is CCn1c2ccccc2c2cc(S(=O)(=O)Nc3ccc(OC)c(N)c3)ccc21.Cl. The lowest BCUT2D eigenvalue weighted by Crippen LogP contribution is -2.13. The minimum atomic E-state index is -3.76. The van der Waals surface area contributed by atoms with Crippen molar-refractivity contribution in [3.63, 3.8) is 0 Å². The van der Waals surface area contributed by atoms with Crippen LogP contribution < -0.4 is 15.2 Å². The van der Waals surface area contributed by atoms with Gasteiger partial charge in [-0.15, -0.1) is 12.4 Å². The number of anilines is 2. The first-order chi connectivity index (χ1) is 13.4. The summed E-state index contributed by atoms with van der Waals surface area (Å²) in [4.78, 5) is 0.202. The highest BCUT2D eigenvalue weighted by Gasteiger charge is 2.18.